The number of fused-ring (bicyclic) bond motifs is 4. The number of thiocarbonyl (C=S) groups is 1. The van der Waals surface area contributed by atoms with Crippen LogP contribution in [0.3, 0.4) is 0 Å². The zero-order valence-corrected chi connectivity index (χ0v) is 15.8. The van der Waals surface area contributed by atoms with Crippen molar-refractivity contribution in [2.75, 3.05) is 25.1 Å². The molecule has 2 N–H and O–H groups in total. The van der Waals surface area contributed by atoms with Crippen molar-refractivity contribution in [1.82, 2.24) is 14.8 Å². The second-order valence-electron chi connectivity index (χ2n) is 6.72. The summed E-state index contributed by atoms with van der Waals surface area (Å²) in [7, 11) is 0. The second kappa shape index (κ2) is 7.78. The van der Waals surface area contributed by atoms with Crippen LogP contribution in [-0.2, 0) is 11.3 Å². The molecule has 1 fully saturated rings. The molecular formula is C17H23N3O3S2. The molecule has 0 amide bonds. The standard InChI is InChI=1S/C17H23N3O3S2/c1-25-6-5-13(16(22)23)18-17(24)19-8-11-7-12(10-19)14-3-2-4-15(21)20(14)9-11/h2-4,11-13H,5-10H2,1H3,(H,18,24)(H,22,23)/t11-,12+,13+/m0/s1. The van der Waals surface area contributed by atoms with Gasteiger partial charge < -0.3 is 19.9 Å². The van der Waals surface area contributed by atoms with Gasteiger partial charge in [-0.15, -0.1) is 0 Å². The topological polar surface area (TPSA) is 74.6 Å². The zero-order chi connectivity index (χ0) is 18.0. The summed E-state index contributed by atoms with van der Waals surface area (Å²) in [5.41, 5.74) is 1.12. The number of carboxylic acid groups (broad SMARTS) is 1. The van der Waals surface area contributed by atoms with Crippen molar-refractivity contribution in [2.24, 2.45) is 5.92 Å². The predicted octanol–water partition coefficient (Wildman–Crippen LogP) is 1.35. The number of rotatable bonds is 5. The fraction of sp³-hybridized carbons (Fsp3) is 0.588. The molecule has 0 radical (unpaired) electrons. The quantitative estimate of drug-likeness (QED) is 0.746. The molecule has 0 aromatic carbocycles. The molecule has 1 saturated heterocycles. The molecule has 0 spiro atoms. The minimum atomic E-state index is -0.870. The van der Waals surface area contributed by atoms with Crippen molar-refractivity contribution in [3.63, 3.8) is 0 Å². The molecule has 2 aliphatic heterocycles. The van der Waals surface area contributed by atoms with Gasteiger partial charge in [0.1, 0.15) is 6.04 Å². The molecule has 25 heavy (non-hydrogen) atoms. The summed E-state index contributed by atoms with van der Waals surface area (Å²) in [6, 6.07) is 4.78. The Kier molecular flexibility index (Phi) is 5.68. The predicted molar refractivity (Wildman–Crippen MR) is 103 cm³/mol. The molecule has 0 unspecified atom stereocenters. The minimum Gasteiger partial charge on any atom is -0.480 e. The van der Waals surface area contributed by atoms with Crippen LogP contribution in [0.2, 0.25) is 0 Å². The Labute approximate surface area is 156 Å². The number of aliphatic carboxylic acids is 1. The summed E-state index contributed by atoms with van der Waals surface area (Å²) in [5.74, 6) is 0.524. The largest absolute Gasteiger partial charge is 0.480 e. The van der Waals surface area contributed by atoms with Gasteiger partial charge in [0.15, 0.2) is 5.11 Å². The fourth-order valence-corrected chi connectivity index (χ4v) is 4.56. The van der Waals surface area contributed by atoms with Gasteiger partial charge in [-0.2, -0.15) is 11.8 Å². The Morgan fingerprint density at radius 2 is 2.24 bits per heavy atom. The summed E-state index contributed by atoms with van der Waals surface area (Å²) >= 11 is 7.12. The van der Waals surface area contributed by atoms with E-state index in [4.69, 9.17) is 12.2 Å². The number of carbonyl (C=O) groups is 1. The number of thioether (sulfide) groups is 1. The Hall–Kier alpha value is -1.54. The monoisotopic (exact) mass is 381 g/mol. The lowest BCUT2D eigenvalue weighted by molar-refractivity contribution is -0.139. The van der Waals surface area contributed by atoms with E-state index in [1.165, 1.54) is 0 Å². The zero-order valence-electron chi connectivity index (χ0n) is 14.2. The highest BCUT2D eigenvalue weighted by molar-refractivity contribution is 7.98. The smallest absolute Gasteiger partial charge is 0.326 e. The number of pyridine rings is 1. The van der Waals surface area contributed by atoms with Crippen LogP contribution in [-0.4, -0.2) is 56.8 Å². The lowest BCUT2D eigenvalue weighted by Crippen LogP contribution is -2.54. The molecule has 3 rings (SSSR count). The van der Waals surface area contributed by atoms with Crippen molar-refractivity contribution in [3.8, 4) is 0 Å². The first-order chi connectivity index (χ1) is 12.0. The van der Waals surface area contributed by atoms with Gasteiger partial charge in [-0.3, -0.25) is 4.79 Å². The van der Waals surface area contributed by atoms with Crippen LogP contribution in [0.4, 0.5) is 0 Å². The summed E-state index contributed by atoms with van der Waals surface area (Å²) in [6.45, 7) is 2.19. The van der Waals surface area contributed by atoms with Crippen molar-refractivity contribution in [2.45, 2.75) is 31.3 Å². The molecule has 2 bridgehead atoms. The number of piperidine rings is 1. The molecule has 1 aromatic heterocycles. The molecule has 3 heterocycles. The Morgan fingerprint density at radius 3 is 2.96 bits per heavy atom. The minimum absolute atomic E-state index is 0.0596. The van der Waals surface area contributed by atoms with Gasteiger partial charge in [-0.05, 0) is 49.1 Å². The molecule has 3 atom stereocenters. The van der Waals surface area contributed by atoms with E-state index in [1.54, 1.807) is 17.8 Å². The van der Waals surface area contributed by atoms with Gasteiger partial charge in [-0.1, -0.05) is 6.07 Å². The first kappa shape index (κ1) is 18.3. The van der Waals surface area contributed by atoms with E-state index in [9.17, 15) is 14.7 Å². The van der Waals surface area contributed by atoms with Crippen LogP contribution in [0.25, 0.3) is 0 Å². The van der Waals surface area contributed by atoms with Crippen LogP contribution in [0.1, 0.15) is 24.5 Å². The third-order valence-corrected chi connectivity index (χ3v) is 5.99. The number of aromatic nitrogens is 1. The third-order valence-electron chi connectivity index (χ3n) is 4.97. The maximum atomic E-state index is 12.1. The van der Waals surface area contributed by atoms with Crippen LogP contribution < -0.4 is 10.9 Å². The molecule has 0 aliphatic carbocycles. The summed E-state index contributed by atoms with van der Waals surface area (Å²) in [4.78, 5) is 25.6. The average molecular weight is 382 g/mol. The van der Waals surface area contributed by atoms with Gasteiger partial charge >= 0.3 is 5.97 Å². The molecular weight excluding hydrogens is 358 g/mol. The summed E-state index contributed by atoms with van der Waals surface area (Å²) in [5, 5.41) is 12.9. The first-order valence-corrected chi connectivity index (χ1v) is 10.3. The van der Waals surface area contributed by atoms with Gasteiger partial charge in [0.25, 0.3) is 5.56 Å². The van der Waals surface area contributed by atoms with E-state index in [0.717, 1.165) is 31.0 Å². The molecule has 2 aliphatic rings. The number of nitrogens with zero attached hydrogens (tertiary/aromatic N) is 2. The van der Waals surface area contributed by atoms with Crippen molar-refractivity contribution >= 4 is 35.1 Å². The highest BCUT2D eigenvalue weighted by Gasteiger charge is 2.35. The number of hydrogen-bond acceptors (Lipinski definition) is 4. The molecule has 0 saturated carbocycles. The third kappa shape index (κ3) is 4.00. The van der Waals surface area contributed by atoms with Crippen LogP contribution in [0, 0.1) is 5.92 Å². The second-order valence-corrected chi connectivity index (χ2v) is 8.10. The maximum absolute atomic E-state index is 12.1. The highest BCUT2D eigenvalue weighted by atomic mass is 32.2. The number of likely N-dealkylation sites (tertiary alicyclic amines) is 1. The van der Waals surface area contributed by atoms with E-state index in [0.29, 0.717) is 24.0 Å². The van der Waals surface area contributed by atoms with E-state index in [1.807, 2.05) is 23.0 Å². The Morgan fingerprint density at radius 1 is 1.44 bits per heavy atom. The highest BCUT2D eigenvalue weighted by Crippen LogP contribution is 2.34. The van der Waals surface area contributed by atoms with Crippen molar-refractivity contribution < 1.29 is 9.90 Å². The molecule has 6 nitrogen and oxygen atoms in total. The van der Waals surface area contributed by atoms with Gasteiger partial charge in [-0.25, -0.2) is 4.79 Å². The fourth-order valence-electron chi connectivity index (χ4n) is 3.80. The van der Waals surface area contributed by atoms with E-state index < -0.39 is 12.0 Å². The normalized spacial score (nSPS) is 22.8. The van der Waals surface area contributed by atoms with E-state index in [-0.39, 0.29) is 11.5 Å². The van der Waals surface area contributed by atoms with Crippen LogP contribution in [0.15, 0.2) is 23.0 Å². The van der Waals surface area contributed by atoms with Gasteiger partial charge in [0, 0.05) is 37.3 Å². The van der Waals surface area contributed by atoms with Crippen LogP contribution >= 0.6 is 24.0 Å². The lowest BCUT2D eigenvalue weighted by Gasteiger charge is -2.44. The maximum Gasteiger partial charge on any atom is 0.326 e. The van der Waals surface area contributed by atoms with Gasteiger partial charge in [0.2, 0.25) is 0 Å². The number of hydrogen-bond donors (Lipinski definition) is 2. The lowest BCUT2D eigenvalue weighted by atomic mass is 9.83. The molecule has 1 aromatic rings. The number of nitrogens with one attached hydrogen (secondary N) is 1. The van der Waals surface area contributed by atoms with Crippen molar-refractivity contribution in [1.29, 1.82) is 0 Å². The first-order valence-electron chi connectivity index (χ1n) is 8.46. The molecule has 136 valence electrons. The van der Waals surface area contributed by atoms with Crippen molar-refractivity contribution in [3.05, 3.63) is 34.2 Å². The number of carboxylic acids is 1. The summed E-state index contributed by atoms with van der Waals surface area (Å²) in [6.07, 6.45) is 3.55. The Balaban J connectivity index is 1.70. The average Bonchev–Trinajstić information content (AvgIpc) is 2.59. The van der Waals surface area contributed by atoms with Gasteiger partial charge in [0.05, 0.1) is 0 Å². The van der Waals surface area contributed by atoms with E-state index in [2.05, 4.69) is 10.2 Å². The van der Waals surface area contributed by atoms with E-state index >= 15 is 0 Å². The van der Waals surface area contributed by atoms with Crippen LogP contribution in [0.5, 0.6) is 0 Å². The SMILES string of the molecule is CSCC[C@@H](NC(=S)N1C[C@@H]2C[C@H](C1)c1cccc(=O)n1C2)C(=O)O. The summed E-state index contributed by atoms with van der Waals surface area (Å²) < 4.78 is 1.88. The Bertz CT molecular complexity index is 721. The molecule has 8 heteroatoms.